The molecule has 0 amide bonds. The van der Waals surface area contributed by atoms with E-state index in [1.54, 1.807) is 6.08 Å². The average Bonchev–Trinajstić information content (AvgIpc) is 2.29. The summed E-state index contributed by atoms with van der Waals surface area (Å²) in [5.41, 5.74) is 1.03. The van der Waals surface area contributed by atoms with E-state index in [4.69, 9.17) is 9.47 Å². The minimum atomic E-state index is -0.0732. The molecule has 86 valence electrons. The van der Waals surface area contributed by atoms with Crippen molar-refractivity contribution in [1.29, 1.82) is 0 Å². The summed E-state index contributed by atoms with van der Waals surface area (Å²) in [6.07, 6.45) is 2.54. The summed E-state index contributed by atoms with van der Waals surface area (Å²) >= 11 is 0. The Morgan fingerprint density at radius 1 is 1.38 bits per heavy atom. The molecule has 16 heavy (non-hydrogen) atoms. The molecule has 3 nitrogen and oxygen atoms in total. The van der Waals surface area contributed by atoms with E-state index in [2.05, 4.69) is 6.58 Å². The van der Waals surface area contributed by atoms with Crippen molar-refractivity contribution in [3.05, 3.63) is 42.5 Å². The van der Waals surface area contributed by atoms with Crippen LogP contribution in [0.4, 0.5) is 0 Å². The third-order valence-corrected chi connectivity index (χ3v) is 2.03. The van der Waals surface area contributed by atoms with Crippen molar-refractivity contribution in [2.24, 2.45) is 0 Å². The number of rotatable bonds is 7. The first kappa shape index (κ1) is 12.5. The first-order valence-corrected chi connectivity index (χ1v) is 5.10. The van der Waals surface area contributed by atoms with Crippen LogP contribution in [0.15, 0.2) is 36.9 Å². The number of hydrogen-bond acceptors (Lipinski definition) is 3. The predicted octanol–water partition coefficient (Wildman–Crippen LogP) is 2.01. The van der Waals surface area contributed by atoms with Crippen LogP contribution in [0.25, 0.3) is 0 Å². The van der Waals surface area contributed by atoms with Gasteiger partial charge in [0.2, 0.25) is 0 Å². The van der Waals surface area contributed by atoms with E-state index in [0.717, 1.165) is 17.7 Å². The van der Waals surface area contributed by atoms with Gasteiger partial charge in [-0.15, -0.1) is 6.58 Å². The standard InChI is InChI=1S/C13H16O3/c1-3-6-11-7-4-5-8-13(11)16-10-12(14)9-15-2/h3-5,7-8H,1,6,9-10H2,2H3. The molecular weight excluding hydrogens is 204 g/mol. The van der Waals surface area contributed by atoms with Gasteiger partial charge in [-0.05, 0) is 18.1 Å². The van der Waals surface area contributed by atoms with Crippen molar-refractivity contribution in [2.45, 2.75) is 6.42 Å². The van der Waals surface area contributed by atoms with Crippen LogP contribution in [-0.2, 0) is 16.0 Å². The Morgan fingerprint density at radius 3 is 2.81 bits per heavy atom. The van der Waals surface area contributed by atoms with Crippen LogP contribution in [-0.4, -0.2) is 26.1 Å². The summed E-state index contributed by atoms with van der Waals surface area (Å²) in [6.45, 7) is 3.81. The predicted molar refractivity (Wildman–Crippen MR) is 62.7 cm³/mol. The lowest BCUT2D eigenvalue weighted by Crippen LogP contribution is -2.16. The number of para-hydroxylation sites is 1. The number of Topliss-reactive ketones (excluding diaryl/α,β-unsaturated/α-hetero) is 1. The number of ketones is 1. The van der Waals surface area contributed by atoms with Gasteiger partial charge in [0.1, 0.15) is 19.0 Å². The number of hydrogen-bond donors (Lipinski definition) is 0. The van der Waals surface area contributed by atoms with Gasteiger partial charge in [0, 0.05) is 7.11 Å². The van der Waals surface area contributed by atoms with Gasteiger partial charge in [-0.2, -0.15) is 0 Å². The van der Waals surface area contributed by atoms with E-state index in [9.17, 15) is 4.79 Å². The van der Waals surface area contributed by atoms with Gasteiger partial charge in [-0.1, -0.05) is 24.3 Å². The Kier molecular flexibility index (Phi) is 5.29. The maximum absolute atomic E-state index is 11.2. The molecule has 3 heteroatoms. The molecule has 1 rings (SSSR count). The lowest BCUT2D eigenvalue weighted by molar-refractivity contribution is -0.124. The molecule has 1 aromatic carbocycles. The monoisotopic (exact) mass is 220 g/mol. The van der Waals surface area contributed by atoms with Crippen molar-refractivity contribution < 1.29 is 14.3 Å². The molecule has 0 bridgehead atoms. The summed E-state index contributed by atoms with van der Waals surface area (Å²) < 4.78 is 10.2. The zero-order valence-corrected chi connectivity index (χ0v) is 9.44. The molecule has 0 aliphatic heterocycles. The minimum Gasteiger partial charge on any atom is -0.485 e. The lowest BCUT2D eigenvalue weighted by atomic mass is 10.1. The Labute approximate surface area is 95.7 Å². The topological polar surface area (TPSA) is 35.5 Å². The highest BCUT2D eigenvalue weighted by molar-refractivity contribution is 5.81. The molecule has 0 aliphatic carbocycles. The third kappa shape index (κ3) is 3.87. The third-order valence-electron chi connectivity index (χ3n) is 2.03. The summed E-state index contributed by atoms with van der Waals surface area (Å²) in [6, 6.07) is 7.61. The highest BCUT2D eigenvalue weighted by Gasteiger charge is 2.05. The highest BCUT2D eigenvalue weighted by atomic mass is 16.5. The highest BCUT2D eigenvalue weighted by Crippen LogP contribution is 2.18. The van der Waals surface area contributed by atoms with Crippen molar-refractivity contribution in [1.82, 2.24) is 0 Å². The van der Waals surface area contributed by atoms with Gasteiger partial charge in [0.15, 0.2) is 5.78 Å². The molecule has 0 fully saturated rings. The van der Waals surface area contributed by atoms with E-state index >= 15 is 0 Å². The Hall–Kier alpha value is -1.61. The molecule has 0 atom stereocenters. The Balaban J connectivity index is 2.58. The van der Waals surface area contributed by atoms with Crippen molar-refractivity contribution in [3.8, 4) is 5.75 Å². The molecule has 0 aromatic heterocycles. The van der Waals surface area contributed by atoms with E-state index < -0.39 is 0 Å². The van der Waals surface area contributed by atoms with Crippen molar-refractivity contribution in [3.63, 3.8) is 0 Å². The molecule has 0 heterocycles. The van der Waals surface area contributed by atoms with Gasteiger partial charge >= 0.3 is 0 Å². The molecule has 0 spiro atoms. The average molecular weight is 220 g/mol. The largest absolute Gasteiger partial charge is 0.485 e. The molecule has 0 N–H and O–H groups in total. The quantitative estimate of drug-likeness (QED) is 0.659. The summed E-state index contributed by atoms with van der Waals surface area (Å²) in [5.74, 6) is 0.655. The first-order valence-electron chi connectivity index (χ1n) is 5.10. The molecule has 0 aliphatic rings. The van der Waals surface area contributed by atoms with E-state index in [-0.39, 0.29) is 19.0 Å². The van der Waals surface area contributed by atoms with Crippen LogP contribution in [0.5, 0.6) is 5.75 Å². The summed E-state index contributed by atoms with van der Waals surface area (Å²) in [4.78, 5) is 11.2. The fraction of sp³-hybridized carbons (Fsp3) is 0.308. The van der Waals surface area contributed by atoms with Crippen LogP contribution in [0.3, 0.4) is 0 Å². The SMILES string of the molecule is C=CCc1ccccc1OCC(=O)COC. The second kappa shape index (κ2) is 6.80. The molecule has 0 unspecified atom stereocenters. The maximum atomic E-state index is 11.2. The van der Waals surface area contributed by atoms with Gasteiger partial charge in [0.05, 0.1) is 0 Å². The van der Waals surface area contributed by atoms with Crippen LogP contribution in [0.1, 0.15) is 5.56 Å². The molecule has 1 aromatic rings. The number of carbonyl (C=O) groups is 1. The van der Waals surface area contributed by atoms with Crippen molar-refractivity contribution in [2.75, 3.05) is 20.3 Å². The second-order valence-electron chi connectivity index (χ2n) is 3.36. The number of ether oxygens (including phenoxy) is 2. The van der Waals surface area contributed by atoms with E-state index in [1.165, 1.54) is 7.11 Å². The maximum Gasteiger partial charge on any atom is 0.195 e. The smallest absolute Gasteiger partial charge is 0.195 e. The van der Waals surface area contributed by atoms with Gasteiger partial charge in [-0.3, -0.25) is 4.79 Å². The molecule has 0 radical (unpaired) electrons. The zero-order chi connectivity index (χ0) is 11.8. The lowest BCUT2D eigenvalue weighted by Gasteiger charge is -2.09. The second-order valence-corrected chi connectivity index (χ2v) is 3.36. The van der Waals surface area contributed by atoms with E-state index in [0.29, 0.717) is 0 Å². The fourth-order valence-electron chi connectivity index (χ4n) is 1.33. The number of allylic oxidation sites excluding steroid dienone is 1. The zero-order valence-electron chi connectivity index (χ0n) is 9.44. The fourth-order valence-corrected chi connectivity index (χ4v) is 1.33. The van der Waals surface area contributed by atoms with Gasteiger partial charge in [-0.25, -0.2) is 0 Å². The van der Waals surface area contributed by atoms with Crippen molar-refractivity contribution >= 4 is 5.78 Å². The summed E-state index contributed by atoms with van der Waals surface area (Å²) in [5, 5.41) is 0. The summed E-state index contributed by atoms with van der Waals surface area (Å²) in [7, 11) is 1.49. The van der Waals surface area contributed by atoms with Gasteiger partial charge < -0.3 is 9.47 Å². The Bertz CT molecular complexity index is 358. The minimum absolute atomic E-state index is 0.0436. The van der Waals surface area contributed by atoms with Crippen LogP contribution in [0, 0.1) is 0 Å². The van der Waals surface area contributed by atoms with E-state index in [1.807, 2.05) is 24.3 Å². The molecular formula is C13H16O3. The number of carbonyl (C=O) groups excluding carboxylic acids is 1. The van der Waals surface area contributed by atoms with Crippen LogP contribution < -0.4 is 4.74 Å². The molecule has 0 saturated heterocycles. The Morgan fingerprint density at radius 2 is 2.12 bits per heavy atom. The van der Waals surface area contributed by atoms with Gasteiger partial charge in [0.25, 0.3) is 0 Å². The van der Waals surface area contributed by atoms with Crippen LogP contribution in [0.2, 0.25) is 0 Å². The molecule has 0 saturated carbocycles. The number of methoxy groups -OCH3 is 1. The first-order chi connectivity index (χ1) is 7.77. The van der Waals surface area contributed by atoms with Crippen LogP contribution >= 0.6 is 0 Å². The normalized spacial score (nSPS) is 9.81. The number of benzene rings is 1.